The van der Waals surface area contributed by atoms with Crippen LogP contribution in [0.15, 0.2) is 63.8 Å². The first-order valence-corrected chi connectivity index (χ1v) is 14.8. The predicted octanol–water partition coefficient (Wildman–Crippen LogP) is 7.78. The number of ether oxygens (including phenoxy) is 4. The average Bonchev–Trinajstić information content (AvgIpc) is 3.03. The van der Waals surface area contributed by atoms with E-state index in [0.717, 1.165) is 37.7 Å². The summed E-state index contributed by atoms with van der Waals surface area (Å²) >= 11 is 0. The summed E-state index contributed by atoms with van der Waals surface area (Å²) in [6.45, 7) is 3.49. The zero-order valence-corrected chi connectivity index (χ0v) is 25.3. The number of benzene rings is 3. The van der Waals surface area contributed by atoms with Crippen molar-refractivity contribution in [3.8, 4) is 28.7 Å². The van der Waals surface area contributed by atoms with Gasteiger partial charge in [-0.05, 0) is 80.4 Å². The smallest absolute Gasteiger partial charge is 0.453 e. The lowest BCUT2D eigenvalue weighted by molar-refractivity contribution is -0.154. The molecule has 1 aliphatic heterocycles. The Labute approximate surface area is 258 Å². The molecule has 0 aliphatic carbocycles. The Kier molecular flexibility index (Phi) is 9.67. The summed E-state index contributed by atoms with van der Waals surface area (Å²) in [5.74, 6) is -2.56. The van der Waals surface area contributed by atoms with Crippen molar-refractivity contribution < 1.29 is 41.3 Å². The van der Waals surface area contributed by atoms with Crippen LogP contribution in [0.5, 0.6) is 28.7 Å². The number of piperidine rings is 1. The molecule has 1 fully saturated rings. The minimum atomic E-state index is -5.06. The van der Waals surface area contributed by atoms with Gasteiger partial charge in [-0.3, -0.25) is 9.69 Å². The second kappa shape index (κ2) is 13.6. The van der Waals surface area contributed by atoms with E-state index < -0.39 is 29.1 Å². The first kappa shape index (κ1) is 31.9. The van der Waals surface area contributed by atoms with Gasteiger partial charge in [0.15, 0.2) is 11.5 Å². The Morgan fingerprint density at radius 2 is 1.60 bits per heavy atom. The number of nitrogens with zero attached hydrogens (tertiary/aromatic N) is 1. The van der Waals surface area contributed by atoms with Crippen LogP contribution in [-0.4, -0.2) is 38.2 Å². The molecule has 0 amide bonds. The second-order valence-corrected chi connectivity index (χ2v) is 10.8. The third kappa shape index (κ3) is 7.09. The maximum Gasteiger partial charge on any atom is 0.453 e. The van der Waals surface area contributed by atoms with Crippen LogP contribution in [0.3, 0.4) is 0 Å². The molecule has 0 N–H and O–H groups in total. The molecule has 0 unspecified atom stereocenters. The van der Waals surface area contributed by atoms with Crippen molar-refractivity contribution in [3.63, 3.8) is 0 Å². The molecule has 0 atom stereocenters. The zero-order chi connectivity index (χ0) is 32.1. The standard InChI is InChI=1S/C34H34F3NO7/c1-4-8-21-9-12-23(13-10-21)43-31-29(39)24-14-16-26(44-33(40)22-11-15-27(41-2)28(19-22)42-3)25(20-38-17-6-5-7-18-38)30(24)45-32(31)34(35,36)37/h9-16,19H,4-8,17-18,20H2,1-3H3. The first-order chi connectivity index (χ1) is 21.6. The van der Waals surface area contributed by atoms with Gasteiger partial charge in [0.1, 0.15) is 17.1 Å². The maximum absolute atomic E-state index is 14.4. The Hall–Kier alpha value is -4.51. The number of esters is 1. The predicted molar refractivity (Wildman–Crippen MR) is 162 cm³/mol. The molecule has 3 aromatic carbocycles. The van der Waals surface area contributed by atoms with E-state index in [-0.39, 0.29) is 40.1 Å². The van der Waals surface area contributed by atoms with Crippen molar-refractivity contribution in [2.45, 2.75) is 51.7 Å². The Balaban J connectivity index is 1.61. The number of alkyl halides is 3. The fraction of sp³-hybridized carbons (Fsp3) is 0.353. The highest BCUT2D eigenvalue weighted by molar-refractivity contribution is 5.93. The van der Waals surface area contributed by atoms with E-state index in [9.17, 15) is 22.8 Å². The van der Waals surface area contributed by atoms with Crippen LogP contribution in [0.1, 0.15) is 59.9 Å². The van der Waals surface area contributed by atoms with Crippen LogP contribution < -0.4 is 24.4 Å². The highest BCUT2D eigenvalue weighted by Gasteiger charge is 2.41. The average molecular weight is 626 g/mol. The Morgan fingerprint density at radius 1 is 0.911 bits per heavy atom. The van der Waals surface area contributed by atoms with E-state index in [1.54, 1.807) is 12.1 Å². The molecule has 5 rings (SSSR count). The minimum Gasteiger partial charge on any atom is -0.493 e. The number of halogens is 3. The van der Waals surface area contributed by atoms with Gasteiger partial charge >= 0.3 is 12.1 Å². The van der Waals surface area contributed by atoms with E-state index in [4.69, 9.17) is 23.4 Å². The molecule has 4 aromatic rings. The lowest BCUT2D eigenvalue weighted by Crippen LogP contribution is -2.29. The molecule has 2 heterocycles. The van der Waals surface area contributed by atoms with Gasteiger partial charge in [-0.1, -0.05) is 31.9 Å². The molecule has 0 saturated carbocycles. The summed E-state index contributed by atoms with van der Waals surface area (Å²) in [7, 11) is 2.88. The van der Waals surface area contributed by atoms with E-state index in [1.807, 2.05) is 11.8 Å². The third-order valence-corrected chi connectivity index (χ3v) is 7.67. The lowest BCUT2D eigenvalue weighted by Gasteiger charge is -2.27. The monoisotopic (exact) mass is 625 g/mol. The number of hydrogen-bond donors (Lipinski definition) is 0. The number of likely N-dealkylation sites (tertiary alicyclic amines) is 1. The molecule has 45 heavy (non-hydrogen) atoms. The minimum absolute atomic E-state index is 0.0238. The van der Waals surface area contributed by atoms with Crippen LogP contribution in [0.2, 0.25) is 0 Å². The van der Waals surface area contributed by atoms with Gasteiger partial charge in [0.05, 0.1) is 30.7 Å². The largest absolute Gasteiger partial charge is 0.493 e. The van der Waals surface area contributed by atoms with E-state index in [1.165, 1.54) is 56.7 Å². The summed E-state index contributed by atoms with van der Waals surface area (Å²) < 4.78 is 70.7. The van der Waals surface area contributed by atoms with Gasteiger partial charge in [-0.2, -0.15) is 13.2 Å². The van der Waals surface area contributed by atoms with Gasteiger partial charge in [0, 0.05) is 6.54 Å². The number of carbonyl (C=O) groups is 1. The lowest BCUT2D eigenvalue weighted by atomic mass is 10.1. The highest BCUT2D eigenvalue weighted by Crippen LogP contribution is 2.41. The summed E-state index contributed by atoms with van der Waals surface area (Å²) in [6, 6.07) is 13.7. The van der Waals surface area contributed by atoms with Crippen molar-refractivity contribution in [3.05, 3.63) is 87.3 Å². The zero-order valence-electron chi connectivity index (χ0n) is 25.3. The summed E-state index contributed by atoms with van der Waals surface area (Å²) in [5, 5.41) is -0.126. The summed E-state index contributed by atoms with van der Waals surface area (Å²) in [5.41, 5.74) is -0.0342. The summed E-state index contributed by atoms with van der Waals surface area (Å²) in [4.78, 5) is 29.0. The van der Waals surface area contributed by atoms with Gasteiger partial charge < -0.3 is 23.4 Å². The van der Waals surface area contributed by atoms with E-state index in [2.05, 4.69) is 0 Å². The molecule has 1 saturated heterocycles. The number of carbonyl (C=O) groups excluding carboxylic acids is 1. The third-order valence-electron chi connectivity index (χ3n) is 7.67. The Morgan fingerprint density at radius 3 is 2.24 bits per heavy atom. The molecule has 1 aromatic heterocycles. The Bertz CT molecular complexity index is 1730. The number of rotatable bonds is 10. The topological polar surface area (TPSA) is 87.4 Å². The SMILES string of the molecule is CCCc1ccc(Oc2c(C(F)(F)F)oc3c(CN4CCCCC4)c(OC(=O)c4ccc(OC)c(OC)c4)ccc3c2=O)cc1. The van der Waals surface area contributed by atoms with Gasteiger partial charge in [-0.25, -0.2) is 4.79 Å². The molecule has 11 heteroatoms. The molecule has 0 spiro atoms. The second-order valence-electron chi connectivity index (χ2n) is 10.8. The van der Waals surface area contributed by atoms with Crippen LogP contribution in [0.25, 0.3) is 11.0 Å². The van der Waals surface area contributed by atoms with Gasteiger partial charge in [0.25, 0.3) is 5.76 Å². The fourth-order valence-electron chi connectivity index (χ4n) is 5.40. The number of hydrogen-bond acceptors (Lipinski definition) is 8. The van der Waals surface area contributed by atoms with E-state index in [0.29, 0.717) is 24.6 Å². The van der Waals surface area contributed by atoms with Crippen molar-refractivity contribution in [2.24, 2.45) is 0 Å². The van der Waals surface area contributed by atoms with E-state index >= 15 is 0 Å². The van der Waals surface area contributed by atoms with Gasteiger partial charge in [0.2, 0.25) is 11.2 Å². The van der Waals surface area contributed by atoms with Crippen LogP contribution in [-0.2, 0) is 19.1 Å². The molecular weight excluding hydrogens is 591 g/mol. The molecule has 8 nitrogen and oxygen atoms in total. The van der Waals surface area contributed by atoms with Crippen LogP contribution in [0.4, 0.5) is 13.2 Å². The van der Waals surface area contributed by atoms with Crippen molar-refractivity contribution in [1.82, 2.24) is 4.90 Å². The molecule has 0 bridgehead atoms. The van der Waals surface area contributed by atoms with Crippen molar-refractivity contribution in [2.75, 3.05) is 27.3 Å². The number of fused-ring (bicyclic) bond motifs is 1. The first-order valence-electron chi connectivity index (χ1n) is 14.8. The number of methoxy groups -OCH3 is 2. The maximum atomic E-state index is 14.4. The van der Waals surface area contributed by atoms with Gasteiger partial charge in [-0.15, -0.1) is 0 Å². The summed E-state index contributed by atoms with van der Waals surface area (Å²) in [6.07, 6.45) is -0.528. The van der Waals surface area contributed by atoms with Crippen LogP contribution >= 0.6 is 0 Å². The number of aryl methyl sites for hydroxylation is 1. The van der Waals surface area contributed by atoms with Crippen LogP contribution in [0, 0.1) is 0 Å². The molecule has 1 aliphatic rings. The quantitative estimate of drug-likeness (QED) is 0.130. The molecule has 0 radical (unpaired) electrons. The van der Waals surface area contributed by atoms with Crippen molar-refractivity contribution in [1.29, 1.82) is 0 Å². The fourth-order valence-corrected chi connectivity index (χ4v) is 5.40. The molecular formula is C34H34F3NO7. The highest BCUT2D eigenvalue weighted by atomic mass is 19.4. The normalized spacial score (nSPS) is 13.9. The van der Waals surface area contributed by atoms with Crippen molar-refractivity contribution >= 4 is 16.9 Å². The molecule has 238 valence electrons.